The van der Waals surface area contributed by atoms with Gasteiger partial charge in [-0.25, -0.2) is 4.98 Å². The highest BCUT2D eigenvalue weighted by molar-refractivity contribution is 6.30. The monoisotopic (exact) mass is 264 g/mol. The molecule has 2 heterocycles. The van der Waals surface area contributed by atoms with Gasteiger partial charge in [-0.3, -0.25) is 0 Å². The van der Waals surface area contributed by atoms with E-state index in [9.17, 15) is 13.2 Å². The van der Waals surface area contributed by atoms with Crippen LogP contribution < -0.4 is 5.32 Å². The molecule has 1 aromatic heterocycles. The Morgan fingerprint density at radius 2 is 2.24 bits per heavy atom. The second kappa shape index (κ2) is 4.82. The summed E-state index contributed by atoms with van der Waals surface area (Å²) in [6, 6.07) is 1.10. The predicted octanol–water partition coefficient (Wildman–Crippen LogP) is 2.91. The summed E-state index contributed by atoms with van der Waals surface area (Å²) >= 11 is 5.83. The quantitative estimate of drug-likeness (QED) is 0.831. The molecule has 17 heavy (non-hydrogen) atoms. The summed E-state index contributed by atoms with van der Waals surface area (Å²) in [6.45, 7) is 1.74. The minimum atomic E-state index is -4.36. The van der Waals surface area contributed by atoms with E-state index in [-0.39, 0.29) is 5.15 Å². The molecule has 2 nitrogen and oxygen atoms in total. The molecular formula is C11H12ClF3N2. The van der Waals surface area contributed by atoms with E-state index < -0.39 is 11.7 Å². The summed E-state index contributed by atoms with van der Waals surface area (Å²) in [4.78, 5) is 3.61. The SMILES string of the molecule is FC(F)(F)c1cnc(Cl)c(CC2CCNC2)c1. The lowest BCUT2D eigenvalue weighted by atomic mass is 9.99. The van der Waals surface area contributed by atoms with E-state index in [1.54, 1.807) is 0 Å². The smallest absolute Gasteiger partial charge is 0.316 e. The van der Waals surface area contributed by atoms with Crippen molar-refractivity contribution in [2.24, 2.45) is 5.92 Å². The summed E-state index contributed by atoms with van der Waals surface area (Å²) in [7, 11) is 0. The highest BCUT2D eigenvalue weighted by Gasteiger charge is 2.31. The largest absolute Gasteiger partial charge is 0.417 e. The van der Waals surface area contributed by atoms with Crippen LogP contribution in [0.5, 0.6) is 0 Å². The van der Waals surface area contributed by atoms with Crippen LogP contribution in [0.25, 0.3) is 0 Å². The van der Waals surface area contributed by atoms with Crippen LogP contribution in [-0.2, 0) is 12.6 Å². The molecule has 0 saturated carbocycles. The average Bonchev–Trinajstić information content (AvgIpc) is 2.72. The van der Waals surface area contributed by atoms with Crippen molar-refractivity contribution in [1.29, 1.82) is 0 Å². The topological polar surface area (TPSA) is 24.9 Å². The Bertz CT molecular complexity index is 400. The predicted molar refractivity (Wildman–Crippen MR) is 58.9 cm³/mol. The second-order valence-electron chi connectivity index (χ2n) is 4.23. The molecule has 0 spiro atoms. The first-order valence-corrected chi connectivity index (χ1v) is 5.77. The number of pyridine rings is 1. The van der Waals surface area contributed by atoms with Crippen LogP contribution in [-0.4, -0.2) is 18.1 Å². The molecule has 2 rings (SSSR count). The summed E-state index contributed by atoms with van der Waals surface area (Å²) in [5, 5.41) is 3.34. The van der Waals surface area contributed by atoms with E-state index >= 15 is 0 Å². The molecule has 1 fully saturated rings. The molecule has 1 atom stereocenters. The Balaban J connectivity index is 2.20. The van der Waals surface area contributed by atoms with Gasteiger partial charge in [-0.2, -0.15) is 13.2 Å². The molecular weight excluding hydrogens is 253 g/mol. The van der Waals surface area contributed by atoms with Gasteiger partial charge >= 0.3 is 6.18 Å². The Morgan fingerprint density at radius 3 is 2.82 bits per heavy atom. The van der Waals surface area contributed by atoms with Crippen molar-refractivity contribution in [3.8, 4) is 0 Å². The van der Waals surface area contributed by atoms with Gasteiger partial charge < -0.3 is 5.32 Å². The lowest BCUT2D eigenvalue weighted by Crippen LogP contribution is -2.12. The van der Waals surface area contributed by atoms with Gasteiger partial charge in [0.15, 0.2) is 0 Å². The fourth-order valence-electron chi connectivity index (χ4n) is 1.99. The van der Waals surface area contributed by atoms with Gasteiger partial charge in [-0.05, 0) is 43.5 Å². The number of halogens is 4. The Kier molecular flexibility index (Phi) is 3.58. The highest BCUT2D eigenvalue weighted by atomic mass is 35.5. The van der Waals surface area contributed by atoms with Crippen molar-refractivity contribution in [3.05, 3.63) is 28.5 Å². The van der Waals surface area contributed by atoms with Crippen LogP contribution in [0.1, 0.15) is 17.5 Å². The van der Waals surface area contributed by atoms with E-state index in [0.717, 1.165) is 31.8 Å². The second-order valence-corrected chi connectivity index (χ2v) is 4.59. The van der Waals surface area contributed by atoms with E-state index in [1.165, 1.54) is 0 Å². The Labute approximate surface area is 102 Å². The first kappa shape index (κ1) is 12.6. The number of aromatic nitrogens is 1. The number of hydrogen-bond acceptors (Lipinski definition) is 2. The van der Waals surface area contributed by atoms with E-state index in [1.807, 2.05) is 0 Å². The molecule has 1 unspecified atom stereocenters. The summed E-state index contributed by atoms with van der Waals surface area (Å²) < 4.78 is 37.6. The molecule has 0 bridgehead atoms. The molecule has 0 aromatic carbocycles. The first-order chi connectivity index (χ1) is 7.97. The third kappa shape index (κ3) is 3.10. The number of nitrogens with one attached hydrogen (secondary N) is 1. The van der Waals surface area contributed by atoms with Crippen molar-refractivity contribution < 1.29 is 13.2 Å². The van der Waals surface area contributed by atoms with Crippen molar-refractivity contribution in [3.63, 3.8) is 0 Å². The average molecular weight is 265 g/mol. The van der Waals surface area contributed by atoms with E-state index in [0.29, 0.717) is 17.9 Å². The molecule has 0 radical (unpaired) electrons. The van der Waals surface area contributed by atoms with E-state index in [2.05, 4.69) is 10.3 Å². The number of rotatable bonds is 2. The molecule has 1 aliphatic heterocycles. The highest BCUT2D eigenvalue weighted by Crippen LogP contribution is 2.31. The minimum Gasteiger partial charge on any atom is -0.316 e. The normalized spacial score (nSPS) is 20.8. The van der Waals surface area contributed by atoms with Crippen molar-refractivity contribution in [1.82, 2.24) is 10.3 Å². The third-order valence-corrected chi connectivity index (χ3v) is 3.25. The Hall–Kier alpha value is -0.810. The molecule has 0 aliphatic carbocycles. The minimum absolute atomic E-state index is 0.171. The molecule has 1 saturated heterocycles. The van der Waals surface area contributed by atoms with Crippen LogP contribution in [0.2, 0.25) is 5.15 Å². The van der Waals surface area contributed by atoms with Crippen molar-refractivity contribution in [2.75, 3.05) is 13.1 Å². The van der Waals surface area contributed by atoms with Gasteiger partial charge in [0.05, 0.1) is 5.56 Å². The van der Waals surface area contributed by atoms with Crippen molar-refractivity contribution >= 4 is 11.6 Å². The number of nitrogens with zero attached hydrogens (tertiary/aromatic N) is 1. The van der Waals surface area contributed by atoms with Crippen LogP contribution in [0, 0.1) is 5.92 Å². The van der Waals surface area contributed by atoms with Crippen LogP contribution >= 0.6 is 11.6 Å². The lowest BCUT2D eigenvalue weighted by molar-refractivity contribution is -0.137. The van der Waals surface area contributed by atoms with Gasteiger partial charge in [-0.1, -0.05) is 11.6 Å². The summed E-state index contributed by atoms with van der Waals surface area (Å²) in [5.41, 5.74) is -0.252. The lowest BCUT2D eigenvalue weighted by Gasteiger charge is -2.12. The maximum Gasteiger partial charge on any atom is 0.417 e. The molecule has 1 N–H and O–H groups in total. The maximum absolute atomic E-state index is 12.5. The van der Waals surface area contributed by atoms with Crippen LogP contribution in [0.4, 0.5) is 13.2 Å². The summed E-state index contributed by atoms with van der Waals surface area (Å²) in [5.74, 6) is 0.345. The van der Waals surface area contributed by atoms with Gasteiger partial charge in [0, 0.05) is 6.20 Å². The third-order valence-electron chi connectivity index (χ3n) is 2.91. The van der Waals surface area contributed by atoms with Gasteiger partial charge in [-0.15, -0.1) is 0 Å². The van der Waals surface area contributed by atoms with Crippen molar-refractivity contribution in [2.45, 2.75) is 19.0 Å². The zero-order valence-electron chi connectivity index (χ0n) is 9.02. The van der Waals surface area contributed by atoms with Crippen LogP contribution in [0.15, 0.2) is 12.3 Å². The van der Waals surface area contributed by atoms with E-state index in [4.69, 9.17) is 11.6 Å². The molecule has 0 amide bonds. The van der Waals surface area contributed by atoms with Gasteiger partial charge in [0.2, 0.25) is 0 Å². The van der Waals surface area contributed by atoms with Gasteiger partial charge in [0.25, 0.3) is 0 Å². The zero-order valence-corrected chi connectivity index (χ0v) is 9.78. The summed E-state index contributed by atoms with van der Waals surface area (Å²) in [6.07, 6.45) is -2.08. The Morgan fingerprint density at radius 1 is 1.47 bits per heavy atom. The molecule has 94 valence electrons. The number of hydrogen-bond donors (Lipinski definition) is 1. The van der Waals surface area contributed by atoms with Crippen LogP contribution in [0.3, 0.4) is 0 Å². The fourth-order valence-corrected chi connectivity index (χ4v) is 2.17. The number of alkyl halides is 3. The first-order valence-electron chi connectivity index (χ1n) is 5.39. The molecule has 1 aromatic rings. The fraction of sp³-hybridized carbons (Fsp3) is 0.545. The standard InChI is InChI=1S/C11H12ClF3N2/c12-10-8(3-7-1-2-16-5-7)4-9(6-17-10)11(13,14)15/h4,6-7,16H,1-3,5H2. The maximum atomic E-state index is 12.5. The molecule has 6 heteroatoms. The van der Waals surface area contributed by atoms with Gasteiger partial charge in [0.1, 0.15) is 5.15 Å². The molecule has 1 aliphatic rings. The zero-order chi connectivity index (χ0) is 12.5.